The molecule has 3 aromatic carbocycles. The van der Waals surface area contributed by atoms with Crippen LogP contribution in [0.15, 0.2) is 60.2 Å². The number of anilines is 1. The van der Waals surface area contributed by atoms with Gasteiger partial charge in [-0.2, -0.15) is 5.26 Å². The van der Waals surface area contributed by atoms with Crippen LogP contribution in [-0.4, -0.2) is 24.1 Å². The predicted molar refractivity (Wildman–Crippen MR) is 142 cm³/mol. The molecule has 0 fully saturated rings. The van der Waals surface area contributed by atoms with Crippen LogP contribution in [0.5, 0.6) is 11.5 Å². The third-order valence-electron chi connectivity index (χ3n) is 4.69. The van der Waals surface area contributed by atoms with E-state index in [-0.39, 0.29) is 22.8 Å². The second-order valence-corrected chi connectivity index (χ2v) is 9.05. The highest BCUT2D eigenvalue weighted by Crippen LogP contribution is 2.35. The van der Waals surface area contributed by atoms with E-state index in [0.29, 0.717) is 31.3 Å². The molecule has 7 nitrogen and oxygen atoms in total. The zero-order chi connectivity index (χ0) is 25.5. The number of nitriles is 1. The summed E-state index contributed by atoms with van der Waals surface area (Å²) in [6, 6.07) is 16.3. The van der Waals surface area contributed by atoms with Gasteiger partial charge in [-0.1, -0.05) is 35.3 Å². The molecule has 0 radical (unpaired) electrons. The van der Waals surface area contributed by atoms with Gasteiger partial charge in [0.15, 0.2) is 11.5 Å². The number of halogens is 3. The Labute approximate surface area is 225 Å². The molecule has 0 saturated heterocycles. The quantitative estimate of drug-likeness (QED) is 0.170. The maximum atomic E-state index is 12.6. The van der Waals surface area contributed by atoms with Crippen molar-refractivity contribution in [2.24, 2.45) is 0 Å². The summed E-state index contributed by atoms with van der Waals surface area (Å²) in [6.07, 6.45) is 1.44. The van der Waals surface area contributed by atoms with E-state index in [4.69, 9.17) is 37.8 Å². The van der Waals surface area contributed by atoms with Crippen molar-refractivity contribution in [1.82, 2.24) is 0 Å². The second kappa shape index (κ2) is 11.9. The zero-order valence-electron chi connectivity index (χ0n) is 18.1. The molecule has 0 aromatic heterocycles. The summed E-state index contributed by atoms with van der Waals surface area (Å²) < 4.78 is 12.1. The first-order valence-corrected chi connectivity index (χ1v) is 11.8. The Kier molecular flexibility index (Phi) is 8.98. The fourth-order valence-corrected chi connectivity index (χ4v) is 4.03. The lowest BCUT2D eigenvalue weighted by Crippen LogP contribution is -2.13. The van der Waals surface area contributed by atoms with Gasteiger partial charge in [-0.15, -0.1) is 0 Å². The number of aromatic carboxylic acids is 1. The van der Waals surface area contributed by atoms with Gasteiger partial charge in [-0.05, 0) is 82.3 Å². The highest BCUT2D eigenvalue weighted by atomic mass is 127. The van der Waals surface area contributed by atoms with Gasteiger partial charge in [0.05, 0.1) is 26.3 Å². The highest BCUT2D eigenvalue weighted by Gasteiger charge is 2.15. The largest absolute Gasteiger partial charge is 0.493 e. The van der Waals surface area contributed by atoms with Gasteiger partial charge in [0.2, 0.25) is 0 Å². The molecule has 0 atom stereocenters. The van der Waals surface area contributed by atoms with Gasteiger partial charge in [-0.3, -0.25) is 4.79 Å². The normalized spacial score (nSPS) is 10.9. The van der Waals surface area contributed by atoms with E-state index in [0.717, 1.165) is 5.56 Å². The number of nitrogens with one attached hydrogen (secondary N) is 1. The van der Waals surface area contributed by atoms with Gasteiger partial charge in [-0.25, -0.2) is 4.79 Å². The SMILES string of the molecule is COc1cc(/C=C(\C#N)C(=O)Nc2ccc(Cl)c(Cl)c2)cc(I)c1OCc1ccc(C(=O)O)cc1. The van der Waals surface area contributed by atoms with Gasteiger partial charge < -0.3 is 19.9 Å². The van der Waals surface area contributed by atoms with Crippen LogP contribution in [0.1, 0.15) is 21.5 Å². The van der Waals surface area contributed by atoms with Crippen molar-refractivity contribution in [3.05, 3.63) is 90.5 Å². The fourth-order valence-electron chi connectivity index (χ4n) is 2.95. The number of methoxy groups -OCH3 is 1. The Bertz CT molecular complexity index is 1350. The van der Waals surface area contributed by atoms with Gasteiger partial charge in [0.1, 0.15) is 18.2 Å². The van der Waals surface area contributed by atoms with Crippen molar-refractivity contribution >= 4 is 69.4 Å². The molecular formula is C25H17Cl2IN2O5. The standard InChI is InChI=1S/C25H17Cl2IN2O5/c1-34-22-10-15(8-17(12-29)24(31)30-18-6-7-19(26)20(27)11-18)9-21(28)23(22)35-13-14-2-4-16(5-3-14)25(32)33/h2-11H,13H2,1H3,(H,30,31)(H,32,33)/b17-8+. The molecule has 2 N–H and O–H groups in total. The smallest absolute Gasteiger partial charge is 0.335 e. The minimum absolute atomic E-state index is 0.124. The van der Waals surface area contributed by atoms with Crippen LogP contribution in [0.25, 0.3) is 6.08 Å². The molecular weight excluding hydrogens is 606 g/mol. The molecule has 0 aliphatic rings. The van der Waals surface area contributed by atoms with Crippen LogP contribution in [0.4, 0.5) is 5.69 Å². The maximum Gasteiger partial charge on any atom is 0.335 e. The fraction of sp³-hybridized carbons (Fsp3) is 0.0800. The summed E-state index contributed by atoms with van der Waals surface area (Å²) in [5, 5.41) is 21.8. The van der Waals surface area contributed by atoms with Gasteiger partial charge in [0, 0.05) is 5.69 Å². The molecule has 0 unspecified atom stereocenters. The van der Waals surface area contributed by atoms with E-state index in [1.807, 2.05) is 6.07 Å². The first kappa shape index (κ1) is 26.3. The van der Waals surface area contributed by atoms with Crippen LogP contribution in [0.2, 0.25) is 10.0 Å². The third-order valence-corrected chi connectivity index (χ3v) is 6.23. The lowest BCUT2D eigenvalue weighted by molar-refractivity contribution is -0.112. The van der Waals surface area contributed by atoms with E-state index < -0.39 is 11.9 Å². The van der Waals surface area contributed by atoms with E-state index >= 15 is 0 Å². The molecule has 0 bridgehead atoms. The van der Waals surface area contributed by atoms with Crippen molar-refractivity contribution in [2.75, 3.05) is 12.4 Å². The van der Waals surface area contributed by atoms with E-state index in [1.165, 1.54) is 31.4 Å². The summed E-state index contributed by atoms with van der Waals surface area (Å²) in [7, 11) is 1.48. The number of hydrogen-bond donors (Lipinski definition) is 2. The van der Waals surface area contributed by atoms with Crippen molar-refractivity contribution < 1.29 is 24.2 Å². The number of carboxylic acids is 1. The van der Waals surface area contributed by atoms with Crippen molar-refractivity contribution in [3.8, 4) is 17.6 Å². The topological polar surface area (TPSA) is 109 Å². The van der Waals surface area contributed by atoms with Gasteiger partial charge >= 0.3 is 5.97 Å². The lowest BCUT2D eigenvalue weighted by atomic mass is 10.1. The molecule has 3 rings (SSSR count). The Morgan fingerprint density at radius 1 is 1.11 bits per heavy atom. The van der Waals surface area contributed by atoms with Crippen LogP contribution < -0.4 is 14.8 Å². The molecule has 3 aromatic rings. The molecule has 0 spiro atoms. The molecule has 35 heavy (non-hydrogen) atoms. The maximum absolute atomic E-state index is 12.6. The van der Waals surface area contributed by atoms with Crippen LogP contribution in [0.3, 0.4) is 0 Å². The number of hydrogen-bond acceptors (Lipinski definition) is 5. The predicted octanol–water partition coefficient (Wildman–Crippen LogP) is 6.43. The molecule has 1 amide bonds. The van der Waals surface area contributed by atoms with Crippen LogP contribution in [-0.2, 0) is 11.4 Å². The summed E-state index contributed by atoms with van der Waals surface area (Å²) in [6.45, 7) is 0.191. The summed E-state index contributed by atoms with van der Waals surface area (Å²) >= 11 is 13.9. The first-order chi connectivity index (χ1) is 16.7. The summed E-state index contributed by atoms with van der Waals surface area (Å²) in [5.74, 6) is -0.719. The summed E-state index contributed by atoms with van der Waals surface area (Å²) in [4.78, 5) is 23.6. The number of ether oxygens (including phenoxy) is 2. The molecule has 10 heteroatoms. The van der Waals surface area contributed by atoms with Crippen molar-refractivity contribution in [1.29, 1.82) is 5.26 Å². The van der Waals surface area contributed by atoms with E-state index in [9.17, 15) is 14.9 Å². The zero-order valence-corrected chi connectivity index (χ0v) is 21.8. The Balaban J connectivity index is 1.79. The van der Waals surface area contributed by atoms with Crippen molar-refractivity contribution in [3.63, 3.8) is 0 Å². The number of nitrogens with zero attached hydrogens (tertiary/aromatic N) is 1. The number of carbonyl (C=O) groups is 2. The average molecular weight is 623 g/mol. The van der Waals surface area contributed by atoms with Crippen LogP contribution in [0, 0.1) is 14.9 Å². The molecule has 0 aliphatic carbocycles. The molecule has 0 aliphatic heterocycles. The van der Waals surface area contributed by atoms with Crippen molar-refractivity contribution in [2.45, 2.75) is 6.61 Å². The number of carbonyl (C=O) groups excluding carboxylic acids is 1. The monoisotopic (exact) mass is 622 g/mol. The lowest BCUT2D eigenvalue weighted by Gasteiger charge is -2.14. The molecule has 0 saturated carbocycles. The number of benzene rings is 3. The minimum atomic E-state index is -1.00. The molecule has 178 valence electrons. The minimum Gasteiger partial charge on any atom is -0.493 e. The van der Waals surface area contributed by atoms with E-state index in [1.54, 1.807) is 36.4 Å². The Morgan fingerprint density at radius 2 is 1.83 bits per heavy atom. The second-order valence-electron chi connectivity index (χ2n) is 7.08. The third kappa shape index (κ3) is 6.88. The Hall–Kier alpha value is -3.26. The number of carboxylic acid groups (broad SMARTS) is 1. The van der Waals surface area contributed by atoms with Crippen LogP contribution >= 0.6 is 45.8 Å². The van der Waals surface area contributed by atoms with Gasteiger partial charge in [0.25, 0.3) is 5.91 Å². The van der Waals surface area contributed by atoms with E-state index in [2.05, 4.69) is 27.9 Å². The molecule has 0 heterocycles. The number of amides is 1. The highest BCUT2D eigenvalue weighted by molar-refractivity contribution is 14.1. The number of rotatable bonds is 8. The first-order valence-electron chi connectivity index (χ1n) is 9.92. The Morgan fingerprint density at radius 3 is 2.43 bits per heavy atom. The average Bonchev–Trinajstić information content (AvgIpc) is 2.84. The summed E-state index contributed by atoms with van der Waals surface area (Å²) in [5.41, 5.74) is 1.81.